The van der Waals surface area contributed by atoms with Crippen LogP contribution in [0.25, 0.3) is 15.8 Å². The average molecular weight is 603 g/mol. The summed E-state index contributed by atoms with van der Waals surface area (Å²) in [7, 11) is 1.66. The molecule has 6 N–H and O–H groups in total. The number of guanidine groups is 1. The summed E-state index contributed by atoms with van der Waals surface area (Å²) in [6, 6.07) is 11.8. The van der Waals surface area contributed by atoms with Gasteiger partial charge in [-0.05, 0) is 93.8 Å². The first kappa shape index (κ1) is 29.9. The third kappa shape index (κ3) is 6.73. The molecule has 0 saturated heterocycles. The van der Waals surface area contributed by atoms with Crippen molar-refractivity contribution in [3.63, 3.8) is 0 Å². The maximum absolute atomic E-state index is 13.5. The molecule has 1 aliphatic carbocycles. The van der Waals surface area contributed by atoms with E-state index in [1.54, 1.807) is 42.7 Å². The van der Waals surface area contributed by atoms with Crippen LogP contribution in [0.15, 0.2) is 47.5 Å². The zero-order valence-electron chi connectivity index (χ0n) is 24.2. The summed E-state index contributed by atoms with van der Waals surface area (Å²) in [6.07, 6.45) is 7.25. The van der Waals surface area contributed by atoms with Crippen LogP contribution in [0.5, 0.6) is 5.75 Å². The van der Waals surface area contributed by atoms with E-state index in [-0.39, 0.29) is 29.5 Å². The Labute approximate surface area is 255 Å². The molecule has 0 spiro atoms. The van der Waals surface area contributed by atoms with Gasteiger partial charge >= 0.3 is 0 Å². The molecule has 1 saturated carbocycles. The van der Waals surface area contributed by atoms with E-state index >= 15 is 0 Å². The molecule has 3 heterocycles. The molecule has 1 aliphatic heterocycles. The lowest BCUT2D eigenvalue weighted by Crippen LogP contribution is -2.46. The number of phenols is 1. The second kappa shape index (κ2) is 13.2. The van der Waals surface area contributed by atoms with Gasteiger partial charge in [-0.25, -0.2) is 0 Å². The molecule has 3 atom stereocenters. The number of anilines is 1. The molecule has 42 heavy (non-hydrogen) atoms. The Hall–Kier alpha value is -3.58. The summed E-state index contributed by atoms with van der Waals surface area (Å²) in [4.78, 5) is 21.7. The highest BCUT2D eigenvalue weighted by atomic mass is 32.1. The second-order valence-electron chi connectivity index (χ2n) is 11.1. The Balaban J connectivity index is 1.26. The molecular formula is C33H38N4O3S2. The Morgan fingerprint density at radius 1 is 1.17 bits per heavy atom. The molecule has 0 unspecified atom stereocenters. The van der Waals surface area contributed by atoms with Crippen molar-refractivity contribution in [2.75, 3.05) is 12.4 Å². The number of benzene rings is 1. The van der Waals surface area contributed by atoms with Gasteiger partial charge in [-0.3, -0.25) is 9.79 Å². The van der Waals surface area contributed by atoms with Gasteiger partial charge in [-0.2, -0.15) is 0 Å². The number of phenolic OH excluding ortho intramolecular Hbond substituents is 1. The molecule has 9 heteroatoms. The molecule has 0 bridgehead atoms. The average Bonchev–Trinajstić information content (AvgIpc) is 3.66. The van der Waals surface area contributed by atoms with Crippen molar-refractivity contribution in [2.45, 2.75) is 64.1 Å². The molecule has 1 aromatic carbocycles. The fourth-order valence-corrected chi connectivity index (χ4v) is 7.94. The van der Waals surface area contributed by atoms with Crippen molar-refractivity contribution in [3.05, 3.63) is 63.4 Å². The van der Waals surface area contributed by atoms with Gasteiger partial charge in [0.05, 0.1) is 21.9 Å². The Bertz CT molecular complexity index is 1550. The van der Waals surface area contributed by atoms with Crippen LogP contribution in [-0.2, 0) is 6.42 Å². The number of nitrogens with two attached hydrogens (primary N) is 1. The summed E-state index contributed by atoms with van der Waals surface area (Å²) in [5.41, 5.74) is 8.61. The van der Waals surface area contributed by atoms with E-state index in [2.05, 4.69) is 33.5 Å². The zero-order valence-corrected chi connectivity index (χ0v) is 25.8. The van der Waals surface area contributed by atoms with Crippen LogP contribution in [0.2, 0.25) is 0 Å². The molecule has 7 nitrogen and oxygen atoms in total. The van der Waals surface area contributed by atoms with Crippen molar-refractivity contribution in [1.82, 2.24) is 5.32 Å². The monoisotopic (exact) mass is 602 g/mol. The number of hydrogen-bond donors (Lipinski definition) is 5. The second-order valence-corrected chi connectivity index (χ2v) is 13.3. The molecule has 2 aromatic heterocycles. The van der Waals surface area contributed by atoms with Crippen LogP contribution in [0, 0.1) is 23.7 Å². The number of hydrogen-bond acceptors (Lipinski definition) is 7. The SMILES string of the molecule is CC#Cc1ccc(-c2ccc(C(=O)C3CCC([C@@H](Cc4cc(O)c5c(c4)N[C@H]([C@H](C)O)C=C5)NC(N)=NC)CC3)s2)s1. The van der Waals surface area contributed by atoms with Crippen molar-refractivity contribution in [3.8, 4) is 27.3 Å². The van der Waals surface area contributed by atoms with E-state index in [0.29, 0.717) is 18.3 Å². The van der Waals surface area contributed by atoms with Crippen LogP contribution < -0.4 is 16.4 Å². The lowest BCUT2D eigenvalue weighted by atomic mass is 9.75. The predicted octanol–water partition coefficient (Wildman–Crippen LogP) is 5.88. The maximum atomic E-state index is 13.5. The third-order valence-electron chi connectivity index (χ3n) is 8.22. The summed E-state index contributed by atoms with van der Waals surface area (Å²) in [6.45, 7) is 3.58. The van der Waals surface area contributed by atoms with E-state index in [4.69, 9.17) is 5.73 Å². The minimum absolute atomic E-state index is 0.00137. The number of aliphatic imine (C=N–C) groups is 1. The number of rotatable bonds is 8. The molecular weight excluding hydrogens is 565 g/mol. The van der Waals surface area contributed by atoms with Gasteiger partial charge in [0, 0.05) is 40.0 Å². The summed E-state index contributed by atoms with van der Waals surface area (Å²) in [5, 5.41) is 27.5. The number of nitrogens with zero attached hydrogens (tertiary/aromatic N) is 1. The fourth-order valence-electron chi connectivity index (χ4n) is 5.91. The number of fused-ring (bicyclic) bond motifs is 1. The number of carbonyl (C=O) groups is 1. The van der Waals surface area contributed by atoms with E-state index < -0.39 is 6.10 Å². The number of aliphatic hydroxyl groups is 1. The molecule has 5 rings (SSSR count). The van der Waals surface area contributed by atoms with Crippen molar-refractivity contribution in [2.24, 2.45) is 22.6 Å². The summed E-state index contributed by atoms with van der Waals surface area (Å²) in [5.74, 6) is 7.17. The summed E-state index contributed by atoms with van der Waals surface area (Å²) >= 11 is 3.23. The molecule has 0 radical (unpaired) electrons. The molecule has 0 amide bonds. The van der Waals surface area contributed by atoms with Crippen molar-refractivity contribution in [1.29, 1.82) is 0 Å². The Kier molecular flexibility index (Phi) is 9.37. The van der Waals surface area contributed by atoms with Crippen LogP contribution in [0.3, 0.4) is 0 Å². The van der Waals surface area contributed by atoms with E-state index in [0.717, 1.165) is 62.0 Å². The largest absolute Gasteiger partial charge is 0.507 e. The van der Waals surface area contributed by atoms with Gasteiger partial charge in [0.1, 0.15) is 5.75 Å². The lowest BCUT2D eigenvalue weighted by molar-refractivity contribution is 0.0867. The highest BCUT2D eigenvalue weighted by Crippen LogP contribution is 2.39. The number of nitrogens with one attached hydrogen (secondary N) is 2. The van der Waals surface area contributed by atoms with E-state index in [9.17, 15) is 15.0 Å². The number of aromatic hydroxyl groups is 1. The molecule has 220 valence electrons. The van der Waals surface area contributed by atoms with Crippen molar-refractivity contribution >= 4 is 46.2 Å². The van der Waals surface area contributed by atoms with Crippen LogP contribution >= 0.6 is 22.7 Å². The van der Waals surface area contributed by atoms with Gasteiger partial charge in [-0.1, -0.05) is 18.1 Å². The lowest BCUT2D eigenvalue weighted by Gasteiger charge is -2.34. The number of ketones is 1. The zero-order chi connectivity index (χ0) is 29.8. The minimum atomic E-state index is -0.557. The van der Waals surface area contributed by atoms with Crippen molar-refractivity contribution < 1.29 is 15.0 Å². The van der Waals surface area contributed by atoms with Gasteiger partial charge in [0.25, 0.3) is 0 Å². The minimum Gasteiger partial charge on any atom is -0.507 e. The first-order chi connectivity index (χ1) is 20.2. The van der Waals surface area contributed by atoms with Gasteiger partial charge in [-0.15, -0.1) is 28.6 Å². The summed E-state index contributed by atoms with van der Waals surface area (Å²) < 4.78 is 0. The standard InChI is InChI=1S/C33H38N4O3S2/c1-4-5-23-10-13-29(41-23)30-14-15-31(42-30)32(40)22-8-6-21(7-9-22)26(37-33(34)35-3)16-20-17-27-24(28(39)18-20)11-12-25(36-27)19(2)38/h10-15,17-19,21-22,25-26,36,38-39H,6-9,16H2,1-3H3,(H3,34,35,37)/t19-,21?,22?,25-,26+/m0/s1. The van der Waals surface area contributed by atoms with E-state index in [1.165, 1.54) is 0 Å². The number of thiophene rings is 2. The van der Waals surface area contributed by atoms with Crippen LogP contribution in [0.1, 0.15) is 65.2 Å². The number of aliphatic hydroxyl groups excluding tert-OH is 1. The number of carbonyl (C=O) groups excluding carboxylic acids is 1. The Morgan fingerprint density at radius 3 is 2.62 bits per heavy atom. The first-order valence-corrected chi connectivity index (χ1v) is 16.0. The number of Topliss-reactive ketones (excluding diaryl/α,β-unsaturated/α-hetero) is 1. The van der Waals surface area contributed by atoms with Crippen LogP contribution in [0.4, 0.5) is 5.69 Å². The normalized spacial score (nSPS) is 21.4. The first-order valence-electron chi connectivity index (χ1n) is 14.4. The molecule has 1 fully saturated rings. The smallest absolute Gasteiger partial charge is 0.188 e. The molecule has 2 aliphatic rings. The van der Waals surface area contributed by atoms with Crippen LogP contribution in [-0.4, -0.2) is 47.2 Å². The highest BCUT2D eigenvalue weighted by molar-refractivity contribution is 7.23. The maximum Gasteiger partial charge on any atom is 0.188 e. The highest BCUT2D eigenvalue weighted by Gasteiger charge is 2.32. The fraction of sp³-hybridized carbons (Fsp3) is 0.394. The van der Waals surface area contributed by atoms with Gasteiger partial charge in [0.2, 0.25) is 0 Å². The van der Waals surface area contributed by atoms with Gasteiger partial charge < -0.3 is 26.6 Å². The topological polar surface area (TPSA) is 120 Å². The predicted molar refractivity (Wildman–Crippen MR) is 174 cm³/mol. The quantitative estimate of drug-likeness (QED) is 0.0951. The third-order valence-corrected chi connectivity index (χ3v) is 10.5. The van der Waals surface area contributed by atoms with Gasteiger partial charge in [0.15, 0.2) is 11.7 Å². The molecule has 3 aromatic rings. The Morgan fingerprint density at radius 2 is 1.90 bits per heavy atom. The van der Waals surface area contributed by atoms with E-state index in [1.807, 2.05) is 43.3 Å².